The van der Waals surface area contributed by atoms with Crippen molar-refractivity contribution in [3.8, 4) is 44.5 Å². The van der Waals surface area contributed by atoms with E-state index in [-0.39, 0.29) is 0 Å². The molecule has 2 N–H and O–H groups in total. The van der Waals surface area contributed by atoms with E-state index in [0.717, 1.165) is 57.5 Å². The molecule has 0 unspecified atom stereocenters. The second-order valence-electron chi connectivity index (χ2n) is 8.68. The van der Waals surface area contributed by atoms with Gasteiger partial charge in [-0.15, -0.1) is 20.4 Å². The number of anilines is 1. The largest absolute Gasteiger partial charge is 0.344 e. The quantitative estimate of drug-likeness (QED) is 0.265. The van der Waals surface area contributed by atoms with E-state index >= 15 is 0 Å². The third kappa shape index (κ3) is 4.78. The van der Waals surface area contributed by atoms with Crippen molar-refractivity contribution in [1.29, 1.82) is 0 Å². The van der Waals surface area contributed by atoms with Gasteiger partial charge in [-0.25, -0.2) is 4.98 Å². The molecule has 38 heavy (non-hydrogen) atoms. The molecule has 3 aromatic heterocycles. The van der Waals surface area contributed by atoms with Gasteiger partial charge >= 0.3 is 0 Å². The van der Waals surface area contributed by atoms with Crippen molar-refractivity contribution in [2.75, 3.05) is 11.4 Å². The minimum atomic E-state index is 0.550. The van der Waals surface area contributed by atoms with Gasteiger partial charge in [0, 0.05) is 24.2 Å². The number of aromatic amines is 2. The first-order chi connectivity index (χ1) is 18.8. The minimum absolute atomic E-state index is 0.550. The number of benzene rings is 3. The van der Waals surface area contributed by atoms with Crippen molar-refractivity contribution in [1.82, 2.24) is 46.2 Å². The van der Waals surface area contributed by atoms with Gasteiger partial charge in [0.25, 0.3) is 0 Å². The molecule has 6 rings (SSSR count). The van der Waals surface area contributed by atoms with E-state index in [0.29, 0.717) is 11.6 Å². The zero-order chi connectivity index (χ0) is 25.7. The Morgan fingerprint density at radius 3 is 2.11 bits per heavy atom. The fraction of sp³-hybridized carbons (Fsp3) is 0.148. The molecule has 0 saturated heterocycles. The second-order valence-corrected chi connectivity index (χ2v) is 9.65. The third-order valence-electron chi connectivity index (χ3n) is 6.13. The molecule has 0 aliphatic rings. The molecule has 0 saturated carbocycles. The number of nitrogens with one attached hydrogen (secondary N) is 2. The Balaban J connectivity index is 1.30. The number of tetrazole rings is 2. The SMILES string of the molecule is CCCN(Cc1ccc(-c2ccccc2-c2nn[nH]n2)cc1)c1nc(-c2ccccc2)c(-c2nn[nH]n2)s1. The summed E-state index contributed by atoms with van der Waals surface area (Å²) < 4.78 is 0. The molecule has 0 radical (unpaired) electrons. The topological polar surface area (TPSA) is 125 Å². The fourth-order valence-electron chi connectivity index (χ4n) is 4.37. The van der Waals surface area contributed by atoms with Gasteiger partial charge in [-0.05, 0) is 33.5 Å². The van der Waals surface area contributed by atoms with Crippen LogP contribution in [-0.2, 0) is 6.54 Å². The van der Waals surface area contributed by atoms with Crippen molar-refractivity contribution in [3.05, 3.63) is 84.4 Å². The molecule has 3 aromatic carbocycles. The Hall–Kier alpha value is -4.77. The van der Waals surface area contributed by atoms with E-state index in [1.54, 1.807) is 11.3 Å². The smallest absolute Gasteiger partial charge is 0.216 e. The molecule has 0 atom stereocenters. The van der Waals surface area contributed by atoms with Gasteiger partial charge in [0.1, 0.15) is 4.88 Å². The van der Waals surface area contributed by atoms with Gasteiger partial charge in [0.2, 0.25) is 11.6 Å². The zero-order valence-electron chi connectivity index (χ0n) is 20.6. The lowest BCUT2D eigenvalue weighted by Gasteiger charge is -2.21. The molecular weight excluding hydrogens is 496 g/mol. The van der Waals surface area contributed by atoms with E-state index in [4.69, 9.17) is 4.98 Å². The summed E-state index contributed by atoms with van der Waals surface area (Å²) in [4.78, 5) is 8.26. The Bertz CT molecular complexity index is 1590. The van der Waals surface area contributed by atoms with Crippen LogP contribution in [0.4, 0.5) is 5.13 Å². The highest BCUT2D eigenvalue weighted by Gasteiger charge is 2.21. The van der Waals surface area contributed by atoms with Crippen molar-refractivity contribution >= 4 is 16.5 Å². The van der Waals surface area contributed by atoms with E-state index in [1.165, 1.54) is 5.56 Å². The van der Waals surface area contributed by atoms with Crippen LogP contribution in [0.5, 0.6) is 0 Å². The number of thiazole rings is 1. The van der Waals surface area contributed by atoms with Crippen LogP contribution in [0.3, 0.4) is 0 Å². The summed E-state index contributed by atoms with van der Waals surface area (Å²) >= 11 is 1.59. The zero-order valence-corrected chi connectivity index (χ0v) is 21.4. The van der Waals surface area contributed by atoms with Gasteiger partial charge in [0.05, 0.1) is 5.69 Å². The number of rotatable bonds is 9. The molecule has 0 aliphatic carbocycles. The van der Waals surface area contributed by atoms with Gasteiger partial charge < -0.3 is 4.90 Å². The van der Waals surface area contributed by atoms with Crippen LogP contribution in [0.1, 0.15) is 18.9 Å². The summed E-state index contributed by atoms with van der Waals surface area (Å²) in [5, 5.41) is 30.3. The predicted molar refractivity (Wildman–Crippen MR) is 147 cm³/mol. The highest BCUT2D eigenvalue weighted by atomic mass is 32.1. The molecule has 188 valence electrons. The average molecular weight is 521 g/mol. The standard InChI is InChI=1S/C27H24N10S/c1-2-16-37(27-28-23(20-8-4-3-5-9-20)24(38-27)26-31-35-36-32-26)17-18-12-14-19(15-13-18)21-10-6-7-11-22(21)25-29-33-34-30-25/h3-15H,2,16-17H2,1H3,(H,29,30,33,34)(H,31,32,35,36). The normalized spacial score (nSPS) is 11.1. The van der Waals surface area contributed by atoms with Gasteiger partial charge in [-0.1, -0.05) is 97.1 Å². The number of aromatic nitrogens is 9. The minimum Gasteiger partial charge on any atom is -0.344 e. The summed E-state index contributed by atoms with van der Waals surface area (Å²) in [7, 11) is 0. The van der Waals surface area contributed by atoms with Crippen LogP contribution < -0.4 is 4.90 Å². The number of hydrogen-bond acceptors (Lipinski definition) is 9. The average Bonchev–Trinajstić information content (AvgIpc) is 3.76. The van der Waals surface area contributed by atoms with Crippen LogP contribution in [0.15, 0.2) is 78.9 Å². The molecule has 3 heterocycles. The maximum atomic E-state index is 5.06. The summed E-state index contributed by atoms with van der Waals surface area (Å²) in [5.74, 6) is 1.13. The molecule has 6 aromatic rings. The van der Waals surface area contributed by atoms with Crippen LogP contribution in [0.2, 0.25) is 0 Å². The lowest BCUT2D eigenvalue weighted by molar-refractivity contribution is 0.764. The number of nitrogens with zero attached hydrogens (tertiary/aromatic N) is 8. The molecule has 0 spiro atoms. The first kappa shape index (κ1) is 23.6. The molecule has 0 amide bonds. The van der Waals surface area contributed by atoms with Crippen LogP contribution >= 0.6 is 11.3 Å². The molecule has 0 bridgehead atoms. The lowest BCUT2D eigenvalue weighted by Crippen LogP contribution is -2.23. The fourth-order valence-corrected chi connectivity index (χ4v) is 5.42. The number of hydrogen-bond donors (Lipinski definition) is 2. The van der Waals surface area contributed by atoms with Gasteiger partial charge in [-0.2, -0.15) is 10.4 Å². The van der Waals surface area contributed by atoms with Crippen LogP contribution in [0.25, 0.3) is 44.5 Å². The molecular formula is C27H24N10S. The van der Waals surface area contributed by atoms with E-state index < -0.39 is 0 Å². The van der Waals surface area contributed by atoms with Gasteiger partial charge in [-0.3, -0.25) is 0 Å². The second kappa shape index (κ2) is 10.7. The number of H-pyrrole nitrogens is 2. The van der Waals surface area contributed by atoms with Gasteiger partial charge in [0.15, 0.2) is 5.13 Å². The van der Waals surface area contributed by atoms with E-state index in [9.17, 15) is 0 Å². The molecule has 0 aliphatic heterocycles. The third-order valence-corrected chi connectivity index (χ3v) is 7.24. The van der Waals surface area contributed by atoms with Crippen LogP contribution in [-0.4, -0.2) is 52.8 Å². The predicted octanol–water partition coefficient (Wildman–Crippen LogP) is 5.25. The maximum absolute atomic E-state index is 5.06. The summed E-state index contributed by atoms with van der Waals surface area (Å²) in [6.07, 6.45) is 0.994. The summed E-state index contributed by atoms with van der Waals surface area (Å²) in [6.45, 7) is 3.78. The Labute approximate surface area is 222 Å². The first-order valence-electron chi connectivity index (χ1n) is 12.3. The molecule has 0 fully saturated rings. The van der Waals surface area contributed by atoms with Crippen LogP contribution in [0, 0.1) is 0 Å². The van der Waals surface area contributed by atoms with Crippen molar-refractivity contribution < 1.29 is 0 Å². The van der Waals surface area contributed by atoms with E-state index in [1.807, 2.05) is 36.4 Å². The Morgan fingerprint density at radius 2 is 1.42 bits per heavy atom. The summed E-state index contributed by atoms with van der Waals surface area (Å²) in [6, 6.07) is 26.8. The highest BCUT2D eigenvalue weighted by Crippen LogP contribution is 2.39. The molecule has 11 heteroatoms. The van der Waals surface area contributed by atoms with E-state index in [2.05, 4.69) is 95.5 Å². The monoisotopic (exact) mass is 520 g/mol. The van der Waals surface area contributed by atoms with Crippen molar-refractivity contribution in [3.63, 3.8) is 0 Å². The Morgan fingerprint density at radius 1 is 0.737 bits per heavy atom. The van der Waals surface area contributed by atoms with Crippen molar-refractivity contribution in [2.45, 2.75) is 19.9 Å². The summed E-state index contributed by atoms with van der Waals surface area (Å²) in [5.41, 5.74) is 6.17. The van der Waals surface area contributed by atoms with Crippen molar-refractivity contribution in [2.24, 2.45) is 0 Å². The Kier molecular flexibility index (Phi) is 6.64. The highest BCUT2D eigenvalue weighted by molar-refractivity contribution is 7.19. The molecule has 10 nitrogen and oxygen atoms in total. The lowest BCUT2D eigenvalue weighted by atomic mass is 9.98. The maximum Gasteiger partial charge on any atom is 0.216 e. The first-order valence-corrected chi connectivity index (χ1v) is 13.1.